The lowest BCUT2D eigenvalue weighted by atomic mass is 9.79. The van der Waals surface area contributed by atoms with Gasteiger partial charge in [-0.05, 0) is 6.07 Å². The summed E-state index contributed by atoms with van der Waals surface area (Å²) >= 11 is 0. The van der Waals surface area contributed by atoms with Crippen molar-refractivity contribution in [3.05, 3.63) is 29.8 Å². The van der Waals surface area contributed by atoms with Crippen LogP contribution in [0.1, 0.15) is 5.56 Å². The van der Waals surface area contributed by atoms with Gasteiger partial charge in [0.1, 0.15) is 11.2 Å². The molecule has 90 valence electrons. The van der Waals surface area contributed by atoms with Crippen LogP contribution in [0.3, 0.4) is 0 Å². The molecule has 1 saturated heterocycles. The maximum absolute atomic E-state index is 12.2. The third-order valence-corrected chi connectivity index (χ3v) is 2.54. The zero-order chi connectivity index (χ0) is 12.5. The first-order valence-electron chi connectivity index (χ1n) is 4.81. The number of nitrogens with zero attached hydrogens (tertiary/aromatic N) is 1. The van der Waals surface area contributed by atoms with E-state index in [1.165, 1.54) is 18.2 Å². The summed E-state index contributed by atoms with van der Waals surface area (Å²) in [4.78, 5) is 0. The first-order chi connectivity index (χ1) is 7.97. The summed E-state index contributed by atoms with van der Waals surface area (Å²) in [6.07, 6.45) is -4.77. The molecule has 0 atom stereocenters. The van der Waals surface area contributed by atoms with E-state index in [9.17, 15) is 13.2 Å². The Hall–Kier alpha value is -1.74. The second kappa shape index (κ2) is 3.93. The Morgan fingerprint density at radius 3 is 2.41 bits per heavy atom. The zero-order valence-electron chi connectivity index (χ0n) is 8.62. The van der Waals surface area contributed by atoms with Crippen molar-refractivity contribution in [2.24, 2.45) is 0 Å². The Kier molecular flexibility index (Phi) is 2.71. The molecule has 0 radical (unpaired) electrons. The van der Waals surface area contributed by atoms with E-state index in [0.717, 1.165) is 0 Å². The molecule has 0 bridgehead atoms. The molecule has 0 amide bonds. The van der Waals surface area contributed by atoms with Crippen LogP contribution in [0.25, 0.3) is 0 Å². The Morgan fingerprint density at radius 1 is 1.29 bits per heavy atom. The minimum Gasteiger partial charge on any atom is -0.405 e. The molecule has 17 heavy (non-hydrogen) atoms. The van der Waals surface area contributed by atoms with Gasteiger partial charge >= 0.3 is 6.36 Å². The number of halogens is 3. The van der Waals surface area contributed by atoms with Gasteiger partial charge in [0.15, 0.2) is 0 Å². The molecule has 1 fully saturated rings. The van der Waals surface area contributed by atoms with Gasteiger partial charge < -0.3 is 9.47 Å². The molecule has 1 aromatic rings. The van der Waals surface area contributed by atoms with Crippen LogP contribution in [0.5, 0.6) is 5.75 Å². The molecular formula is C11H8F3NO2. The van der Waals surface area contributed by atoms with Crippen molar-refractivity contribution in [2.75, 3.05) is 13.2 Å². The number of nitriles is 1. The Morgan fingerprint density at radius 2 is 1.94 bits per heavy atom. The highest BCUT2D eigenvalue weighted by Crippen LogP contribution is 2.39. The highest BCUT2D eigenvalue weighted by atomic mass is 19.4. The van der Waals surface area contributed by atoms with Crippen molar-refractivity contribution in [1.82, 2.24) is 0 Å². The van der Waals surface area contributed by atoms with Gasteiger partial charge in [0.05, 0.1) is 19.3 Å². The molecule has 1 aliphatic heterocycles. The van der Waals surface area contributed by atoms with Crippen LogP contribution in [-0.2, 0) is 10.2 Å². The lowest BCUT2D eigenvalue weighted by molar-refractivity contribution is -0.275. The average Bonchev–Trinajstić information content (AvgIpc) is 2.17. The highest BCUT2D eigenvalue weighted by Gasteiger charge is 2.44. The van der Waals surface area contributed by atoms with E-state index in [1.807, 2.05) is 6.07 Å². The second-order valence-electron chi connectivity index (χ2n) is 3.73. The van der Waals surface area contributed by atoms with E-state index < -0.39 is 11.8 Å². The predicted octanol–water partition coefficient (Wildman–Crippen LogP) is 2.38. The van der Waals surface area contributed by atoms with Gasteiger partial charge in [0.25, 0.3) is 0 Å². The number of alkyl halides is 3. The number of benzene rings is 1. The van der Waals surface area contributed by atoms with Gasteiger partial charge in [-0.1, -0.05) is 18.2 Å². The minimum absolute atomic E-state index is 0.0851. The molecular weight excluding hydrogens is 235 g/mol. The van der Waals surface area contributed by atoms with E-state index >= 15 is 0 Å². The molecule has 0 N–H and O–H groups in total. The van der Waals surface area contributed by atoms with E-state index in [4.69, 9.17) is 10.00 Å². The van der Waals surface area contributed by atoms with E-state index in [1.54, 1.807) is 6.07 Å². The lowest BCUT2D eigenvalue weighted by Gasteiger charge is -2.36. The van der Waals surface area contributed by atoms with Crippen LogP contribution < -0.4 is 4.74 Å². The van der Waals surface area contributed by atoms with Gasteiger partial charge in [0.2, 0.25) is 0 Å². The van der Waals surface area contributed by atoms with Crippen LogP contribution >= 0.6 is 0 Å². The highest BCUT2D eigenvalue weighted by molar-refractivity contribution is 5.45. The van der Waals surface area contributed by atoms with Crippen molar-refractivity contribution >= 4 is 0 Å². The van der Waals surface area contributed by atoms with Crippen molar-refractivity contribution in [1.29, 1.82) is 5.26 Å². The third kappa shape index (κ3) is 2.19. The first-order valence-corrected chi connectivity index (χ1v) is 4.81. The molecule has 6 heteroatoms. The molecule has 0 spiro atoms. The molecule has 3 nitrogen and oxygen atoms in total. The van der Waals surface area contributed by atoms with Crippen LogP contribution in [0, 0.1) is 11.3 Å². The largest absolute Gasteiger partial charge is 0.573 e. The summed E-state index contributed by atoms with van der Waals surface area (Å²) in [6, 6.07) is 7.62. The third-order valence-electron chi connectivity index (χ3n) is 2.54. The minimum atomic E-state index is -4.77. The van der Waals surface area contributed by atoms with Crippen LogP contribution in [0.4, 0.5) is 13.2 Å². The molecule has 0 aliphatic carbocycles. The Labute approximate surface area is 95.4 Å². The van der Waals surface area contributed by atoms with Crippen molar-refractivity contribution < 1.29 is 22.6 Å². The summed E-state index contributed by atoms with van der Waals surface area (Å²) in [5.74, 6) is -0.343. The molecule has 0 unspecified atom stereocenters. The summed E-state index contributed by atoms with van der Waals surface area (Å²) in [5.41, 5.74) is -0.812. The number of rotatable bonds is 2. The smallest absolute Gasteiger partial charge is 0.405 e. The molecule has 0 saturated carbocycles. The SMILES string of the molecule is N#CC1(c2ccccc2OC(F)(F)F)COC1. The summed E-state index contributed by atoms with van der Waals surface area (Å²) in [5, 5.41) is 9.05. The van der Waals surface area contributed by atoms with Crippen LogP contribution in [0.2, 0.25) is 0 Å². The standard InChI is InChI=1S/C11H8F3NO2/c12-11(13,14)17-9-4-2-1-3-8(9)10(5-15)6-16-7-10/h1-4H,6-7H2. The predicted molar refractivity (Wildman–Crippen MR) is 51.2 cm³/mol. The number of ether oxygens (including phenoxy) is 2. The van der Waals surface area contributed by atoms with Crippen molar-refractivity contribution in [2.45, 2.75) is 11.8 Å². The van der Waals surface area contributed by atoms with Crippen LogP contribution in [-0.4, -0.2) is 19.6 Å². The summed E-state index contributed by atoms with van der Waals surface area (Å²) < 4.78 is 45.4. The summed E-state index contributed by atoms with van der Waals surface area (Å²) in [7, 11) is 0. The number of hydrogen-bond donors (Lipinski definition) is 0. The van der Waals surface area contributed by atoms with Gasteiger partial charge in [-0.25, -0.2) is 0 Å². The fraction of sp³-hybridized carbons (Fsp3) is 0.364. The normalized spacial score (nSPS) is 18.0. The molecule has 2 rings (SSSR count). The summed E-state index contributed by atoms with van der Waals surface area (Å²) in [6.45, 7) is 0.170. The monoisotopic (exact) mass is 243 g/mol. The number of para-hydroxylation sites is 1. The maximum atomic E-state index is 12.2. The Balaban J connectivity index is 2.38. The van der Waals surface area contributed by atoms with E-state index in [-0.39, 0.29) is 24.5 Å². The van der Waals surface area contributed by atoms with E-state index in [0.29, 0.717) is 0 Å². The lowest BCUT2D eigenvalue weighted by Crippen LogP contribution is -2.45. The van der Waals surface area contributed by atoms with Crippen LogP contribution in [0.15, 0.2) is 24.3 Å². The molecule has 1 heterocycles. The fourth-order valence-corrected chi connectivity index (χ4v) is 1.66. The molecule has 1 aromatic carbocycles. The fourth-order valence-electron chi connectivity index (χ4n) is 1.66. The van der Waals surface area contributed by atoms with Gasteiger partial charge in [0, 0.05) is 5.56 Å². The van der Waals surface area contributed by atoms with Gasteiger partial charge in [-0.2, -0.15) is 5.26 Å². The topological polar surface area (TPSA) is 42.2 Å². The van der Waals surface area contributed by atoms with Crippen molar-refractivity contribution in [3.8, 4) is 11.8 Å². The second-order valence-corrected chi connectivity index (χ2v) is 3.73. The van der Waals surface area contributed by atoms with Gasteiger partial charge in [-0.3, -0.25) is 0 Å². The molecule has 0 aromatic heterocycles. The van der Waals surface area contributed by atoms with Crippen molar-refractivity contribution in [3.63, 3.8) is 0 Å². The average molecular weight is 243 g/mol. The Bertz CT molecular complexity index is 461. The zero-order valence-corrected chi connectivity index (χ0v) is 8.62. The quantitative estimate of drug-likeness (QED) is 0.800. The van der Waals surface area contributed by atoms with Gasteiger partial charge in [-0.15, -0.1) is 13.2 Å². The van der Waals surface area contributed by atoms with E-state index in [2.05, 4.69) is 4.74 Å². The first kappa shape index (κ1) is 11.7. The maximum Gasteiger partial charge on any atom is 0.573 e. The molecule has 1 aliphatic rings. The number of hydrogen-bond acceptors (Lipinski definition) is 3.